The van der Waals surface area contributed by atoms with Gasteiger partial charge >= 0.3 is 0 Å². The molecule has 2 aromatic carbocycles. The van der Waals surface area contributed by atoms with Crippen molar-refractivity contribution in [3.63, 3.8) is 0 Å². The summed E-state index contributed by atoms with van der Waals surface area (Å²) < 4.78 is 25.0. The Bertz CT molecular complexity index is 905. The number of aromatic amines is 1. The molecule has 1 aromatic heterocycles. The number of nitrogens with one attached hydrogen (secondary N) is 1. The van der Waals surface area contributed by atoms with Crippen molar-refractivity contribution in [1.82, 2.24) is 4.98 Å². The normalized spacial score (nSPS) is 11.6. The smallest absolute Gasteiger partial charge is 0.183 e. The van der Waals surface area contributed by atoms with Crippen molar-refractivity contribution in [3.8, 4) is 11.3 Å². The van der Waals surface area contributed by atoms with Gasteiger partial charge in [0.2, 0.25) is 0 Å². The molecule has 3 rings (SSSR count). The summed E-state index contributed by atoms with van der Waals surface area (Å²) in [5, 5.41) is 0. The lowest BCUT2D eigenvalue weighted by Crippen LogP contribution is -2.05. The van der Waals surface area contributed by atoms with Crippen molar-refractivity contribution in [3.05, 3.63) is 77.5 Å². The van der Waals surface area contributed by atoms with Crippen LogP contribution in [0, 0.1) is 13.8 Å². The lowest BCUT2D eigenvalue weighted by Gasteiger charge is -2.04. The van der Waals surface area contributed by atoms with Crippen LogP contribution >= 0.6 is 0 Å². The summed E-state index contributed by atoms with van der Waals surface area (Å²) in [6.07, 6.45) is 0. The fourth-order valence-electron chi connectivity index (χ4n) is 2.46. The average molecular weight is 325 g/mol. The Balaban J connectivity index is 1.83. The van der Waals surface area contributed by atoms with E-state index in [0.717, 1.165) is 16.8 Å². The fraction of sp³-hybridized carbons (Fsp3) is 0.158. The first-order chi connectivity index (χ1) is 10.9. The molecule has 3 nitrogen and oxygen atoms in total. The second-order valence-electron chi connectivity index (χ2n) is 5.84. The molecule has 0 radical (unpaired) electrons. The highest BCUT2D eigenvalue weighted by molar-refractivity contribution is 7.90. The van der Waals surface area contributed by atoms with Gasteiger partial charge in [-0.1, -0.05) is 47.5 Å². The van der Waals surface area contributed by atoms with Crippen LogP contribution in [0.15, 0.2) is 65.6 Å². The van der Waals surface area contributed by atoms with E-state index in [1.807, 2.05) is 62.4 Å². The zero-order valence-electron chi connectivity index (χ0n) is 13.2. The lowest BCUT2D eigenvalue weighted by atomic mass is 10.1. The van der Waals surface area contributed by atoms with Gasteiger partial charge in [0.15, 0.2) is 9.84 Å². The second-order valence-corrected chi connectivity index (χ2v) is 7.82. The van der Waals surface area contributed by atoms with E-state index < -0.39 is 9.84 Å². The van der Waals surface area contributed by atoms with Crippen LogP contribution in [-0.2, 0) is 15.6 Å². The largest absolute Gasteiger partial charge is 0.358 e. The van der Waals surface area contributed by atoms with Crippen molar-refractivity contribution in [2.45, 2.75) is 24.5 Å². The summed E-state index contributed by atoms with van der Waals surface area (Å²) in [6.45, 7) is 3.98. The zero-order valence-corrected chi connectivity index (χ0v) is 14.0. The maximum absolute atomic E-state index is 12.5. The molecule has 0 spiro atoms. The maximum Gasteiger partial charge on any atom is 0.183 e. The third-order valence-corrected chi connectivity index (χ3v) is 5.52. The number of rotatable bonds is 4. The van der Waals surface area contributed by atoms with E-state index in [-0.39, 0.29) is 5.75 Å². The first-order valence-corrected chi connectivity index (χ1v) is 9.14. The van der Waals surface area contributed by atoms with Crippen LogP contribution in [0.5, 0.6) is 0 Å². The van der Waals surface area contributed by atoms with Gasteiger partial charge in [-0.2, -0.15) is 0 Å². The predicted octanol–water partition coefficient (Wildman–Crippen LogP) is 4.27. The van der Waals surface area contributed by atoms with E-state index >= 15 is 0 Å². The Labute approximate surface area is 136 Å². The molecule has 0 aliphatic rings. The molecule has 0 atom stereocenters. The Kier molecular flexibility index (Phi) is 4.09. The first-order valence-electron chi connectivity index (χ1n) is 7.48. The van der Waals surface area contributed by atoms with Crippen molar-refractivity contribution in [2.24, 2.45) is 0 Å². The molecule has 23 heavy (non-hydrogen) atoms. The number of benzene rings is 2. The van der Waals surface area contributed by atoms with Gasteiger partial charge in [0.1, 0.15) is 0 Å². The van der Waals surface area contributed by atoms with E-state index in [2.05, 4.69) is 4.98 Å². The standard InChI is InChI=1S/C19H19NO2S/c1-14-3-7-16(8-4-14)19-12-9-17(20-19)13-23(21,22)18-10-5-15(2)6-11-18/h3-12,20H,13H2,1-2H3. The number of sulfone groups is 1. The second kappa shape index (κ2) is 6.05. The third-order valence-electron chi connectivity index (χ3n) is 3.83. The Hall–Kier alpha value is -2.33. The van der Waals surface area contributed by atoms with Crippen molar-refractivity contribution in [1.29, 1.82) is 0 Å². The van der Waals surface area contributed by atoms with Gasteiger partial charge < -0.3 is 4.98 Å². The zero-order chi connectivity index (χ0) is 16.4. The summed E-state index contributed by atoms with van der Waals surface area (Å²) in [4.78, 5) is 3.56. The van der Waals surface area contributed by atoms with Crippen molar-refractivity contribution < 1.29 is 8.42 Å². The molecule has 118 valence electrons. The number of H-pyrrole nitrogens is 1. The van der Waals surface area contributed by atoms with E-state index in [1.165, 1.54) is 5.56 Å². The SMILES string of the molecule is Cc1ccc(-c2ccc(CS(=O)(=O)c3ccc(C)cc3)[nH]2)cc1. The lowest BCUT2D eigenvalue weighted by molar-refractivity contribution is 0.595. The summed E-state index contributed by atoms with van der Waals surface area (Å²) in [7, 11) is -3.34. The summed E-state index contributed by atoms with van der Waals surface area (Å²) in [5.41, 5.74) is 4.92. The molecule has 1 heterocycles. The minimum Gasteiger partial charge on any atom is -0.358 e. The van der Waals surface area contributed by atoms with Crippen LogP contribution in [0.25, 0.3) is 11.3 Å². The summed E-state index contributed by atoms with van der Waals surface area (Å²) >= 11 is 0. The van der Waals surface area contributed by atoms with E-state index in [0.29, 0.717) is 10.6 Å². The quantitative estimate of drug-likeness (QED) is 0.778. The highest BCUT2D eigenvalue weighted by Gasteiger charge is 2.16. The molecule has 4 heteroatoms. The molecule has 0 saturated carbocycles. The molecule has 0 unspecified atom stereocenters. The van der Waals surface area contributed by atoms with Gasteiger partial charge in [-0.25, -0.2) is 8.42 Å². The summed E-state index contributed by atoms with van der Waals surface area (Å²) in [5.74, 6) is -0.0259. The van der Waals surface area contributed by atoms with Gasteiger partial charge in [-0.3, -0.25) is 0 Å². The average Bonchev–Trinajstić information content (AvgIpc) is 2.96. The third kappa shape index (κ3) is 3.54. The predicted molar refractivity (Wildman–Crippen MR) is 93.0 cm³/mol. The van der Waals surface area contributed by atoms with Crippen molar-refractivity contribution >= 4 is 9.84 Å². The number of hydrogen-bond donors (Lipinski definition) is 1. The van der Waals surface area contributed by atoms with Gasteiger partial charge in [-0.05, 0) is 43.7 Å². The molecule has 0 saturated heterocycles. The minimum atomic E-state index is -3.34. The molecule has 0 aliphatic heterocycles. The fourth-order valence-corrected chi connectivity index (χ4v) is 3.75. The molecular formula is C19H19NO2S. The van der Waals surface area contributed by atoms with Crippen LogP contribution in [0.1, 0.15) is 16.8 Å². The van der Waals surface area contributed by atoms with Gasteiger partial charge in [0.05, 0.1) is 10.6 Å². The van der Waals surface area contributed by atoms with Crippen LogP contribution in [0.3, 0.4) is 0 Å². The highest BCUT2D eigenvalue weighted by atomic mass is 32.2. The number of aryl methyl sites for hydroxylation is 2. The van der Waals surface area contributed by atoms with Crippen LogP contribution in [-0.4, -0.2) is 13.4 Å². The van der Waals surface area contributed by atoms with Crippen LogP contribution in [0.2, 0.25) is 0 Å². The number of aromatic nitrogens is 1. The Morgan fingerprint density at radius 2 is 1.35 bits per heavy atom. The van der Waals surface area contributed by atoms with Crippen molar-refractivity contribution in [2.75, 3.05) is 0 Å². The summed E-state index contributed by atoms with van der Waals surface area (Å²) in [6, 6.07) is 18.9. The molecule has 0 aliphatic carbocycles. The molecule has 1 N–H and O–H groups in total. The molecule has 3 aromatic rings. The molecule has 0 amide bonds. The molecule has 0 bridgehead atoms. The van der Waals surface area contributed by atoms with E-state index in [4.69, 9.17) is 0 Å². The van der Waals surface area contributed by atoms with Gasteiger partial charge in [0.25, 0.3) is 0 Å². The van der Waals surface area contributed by atoms with E-state index in [9.17, 15) is 8.42 Å². The van der Waals surface area contributed by atoms with Gasteiger partial charge in [0, 0.05) is 11.4 Å². The highest BCUT2D eigenvalue weighted by Crippen LogP contribution is 2.22. The topological polar surface area (TPSA) is 49.9 Å². The molecular weight excluding hydrogens is 306 g/mol. The minimum absolute atomic E-state index is 0.0259. The maximum atomic E-state index is 12.5. The molecule has 0 fully saturated rings. The van der Waals surface area contributed by atoms with Crippen LogP contribution in [0.4, 0.5) is 0 Å². The van der Waals surface area contributed by atoms with E-state index in [1.54, 1.807) is 12.1 Å². The van der Waals surface area contributed by atoms with Crippen LogP contribution < -0.4 is 0 Å². The first kappa shape index (κ1) is 15.6. The monoisotopic (exact) mass is 325 g/mol. The van der Waals surface area contributed by atoms with Gasteiger partial charge in [-0.15, -0.1) is 0 Å². The Morgan fingerprint density at radius 3 is 1.96 bits per heavy atom. The Morgan fingerprint density at radius 1 is 0.783 bits per heavy atom. The number of hydrogen-bond acceptors (Lipinski definition) is 2.